The molecule has 0 unspecified atom stereocenters. The Morgan fingerprint density at radius 1 is 1.05 bits per heavy atom. The third-order valence-electron chi connectivity index (χ3n) is 4.17. The van der Waals surface area contributed by atoms with Gasteiger partial charge in [0.15, 0.2) is 11.8 Å². The number of benzene rings is 1. The van der Waals surface area contributed by atoms with E-state index >= 15 is 0 Å². The van der Waals surface area contributed by atoms with Gasteiger partial charge in [0.2, 0.25) is 5.69 Å². The van der Waals surface area contributed by atoms with E-state index in [1.165, 1.54) is 5.56 Å². The zero-order valence-electron chi connectivity index (χ0n) is 12.9. The molecule has 3 heteroatoms. The zero-order valence-corrected chi connectivity index (χ0v) is 12.9. The lowest BCUT2D eigenvalue weighted by molar-refractivity contribution is -0.660. The number of fused-ring (bicyclic) bond motifs is 3. The van der Waals surface area contributed by atoms with E-state index < -0.39 is 0 Å². The van der Waals surface area contributed by atoms with Gasteiger partial charge in [0, 0.05) is 29.1 Å². The molecule has 0 fully saturated rings. The Balaban J connectivity index is 2.17. The predicted molar refractivity (Wildman–Crippen MR) is 87.6 cm³/mol. The lowest BCUT2D eigenvalue weighted by atomic mass is 10.0. The summed E-state index contributed by atoms with van der Waals surface area (Å²) in [5.74, 6) is 0. The molecule has 3 heterocycles. The molecule has 0 saturated carbocycles. The molecular weight excluding hydrogens is 272 g/mol. The average molecular weight is 289 g/mol. The van der Waals surface area contributed by atoms with Crippen molar-refractivity contribution in [3.8, 4) is 11.3 Å². The molecule has 0 saturated heterocycles. The number of aromatic nitrogens is 2. The molecule has 0 bridgehead atoms. The van der Waals surface area contributed by atoms with Crippen molar-refractivity contribution in [1.82, 2.24) is 4.98 Å². The quantitative estimate of drug-likeness (QED) is 0.494. The third kappa shape index (κ3) is 1.82. The Hall–Kier alpha value is -2.68. The van der Waals surface area contributed by atoms with E-state index in [0.29, 0.717) is 0 Å². The van der Waals surface area contributed by atoms with Crippen molar-refractivity contribution >= 4 is 21.9 Å². The van der Waals surface area contributed by atoms with Crippen LogP contribution in [0.4, 0.5) is 0 Å². The topological polar surface area (TPSA) is 29.9 Å². The van der Waals surface area contributed by atoms with E-state index in [-0.39, 0.29) is 0 Å². The van der Waals surface area contributed by atoms with Gasteiger partial charge in [-0.1, -0.05) is 18.2 Å². The first kappa shape index (κ1) is 13.0. The van der Waals surface area contributed by atoms with Crippen LogP contribution in [0.2, 0.25) is 0 Å². The average Bonchev–Trinajstić information content (AvgIpc) is 2.88. The van der Waals surface area contributed by atoms with Crippen LogP contribution in [0.15, 0.2) is 53.2 Å². The molecule has 108 valence electrons. The van der Waals surface area contributed by atoms with Crippen molar-refractivity contribution < 1.29 is 8.98 Å². The van der Waals surface area contributed by atoms with E-state index in [4.69, 9.17) is 4.42 Å². The number of hydrogen-bond donors (Lipinski definition) is 0. The van der Waals surface area contributed by atoms with Crippen LogP contribution in [0.5, 0.6) is 0 Å². The van der Waals surface area contributed by atoms with Crippen LogP contribution in [0, 0.1) is 13.8 Å². The van der Waals surface area contributed by atoms with Crippen molar-refractivity contribution in [2.24, 2.45) is 7.05 Å². The van der Waals surface area contributed by atoms with Gasteiger partial charge in [0.25, 0.3) is 0 Å². The first-order valence-corrected chi connectivity index (χ1v) is 7.38. The molecule has 4 aromatic rings. The van der Waals surface area contributed by atoms with Gasteiger partial charge in [-0.2, -0.15) is 0 Å². The standard InChI is InChI=1S/C19H17N2O/c1-12-8-9-21(3)16(10-12)18-13(2)20-11-15-14-6-4-5-7-17(14)22-19(15)18/h4-11H,1-3H3/q+1. The highest BCUT2D eigenvalue weighted by atomic mass is 16.3. The molecular formula is C19H17N2O+. The maximum atomic E-state index is 6.16. The van der Waals surface area contributed by atoms with Crippen molar-refractivity contribution in [3.63, 3.8) is 0 Å². The monoisotopic (exact) mass is 289 g/mol. The summed E-state index contributed by atoms with van der Waals surface area (Å²) in [6.45, 7) is 4.13. The van der Waals surface area contributed by atoms with E-state index in [9.17, 15) is 0 Å². The highest BCUT2D eigenvalue weighted by Gasteiger charge is 2.21. The van der Waals surface area contributed by atoms with Crippen LogP contribution in [0.3, 0.4) is 0 Å². The van der Waals surface area contributed by atoms with Crippen molar-refractivity contribution in [2.45, 2.75) is 13.8 Å². The number of hydrogen-bond acceptors (Lipinski definition) is 2. The Morgan fingerprint density at radius 3 is 2.73 bits per heavy atom. The molecule has 1 aromatic carbocycles. The van der Waals surface area contributed by atoms with E-state index in [1.54, 1.807) is 0 Å². The molecule has 22 heavy (non-hydrogen) atoms. The summed E-state index contributed by atoms with van der Waals surface area (Å²) in [5.41, 5.74) is 6.21. The van der Waals surface area contributed by atoms with Crippen LogP contribution in [-0.2, 0) is 7.05 Å². The smallest absolute Gasteiger partial charge is 0.218 e. The minimum atomic E-state index is 0.904. The number of nitrogens with zero attached hydrogens (tertiary/aromatic N) is 2. The van der Waals surface area contributed by atoms with Crippen LogP contribution in [0.1, 0.15) is 11.3 Å². The summed E-state index contributed by atoms with van der Waals surface area (Å²) in [6.07, 6.45) is 3.99. The second kappa shape index (κ2) is 4.67. The fraction of sp³-hybridized carbons (Fsp3) is 0.158. The zero-order chi connectivity index (χ0) is 15.3. The Bertz CT molecular complexity index is 1010. The molecule has 0 aliphatic heterocycles. The molecule has 0 aliphatic rings. The van der Waals surface area contributed by atoms with Gasteiger partial charge in [-0.05, 0) is 25.5 Å². The maximum absolute atomic E-state index is 6.16. The molecule has 3 nitrogen and oxygen atoms in total. The molecule has 4 rings (SSSR count). The van der Waals surface area contributed by atoms with Gasteiger partial charge >= 0.3 is 0 Å². The number of furan rings is 1. The second-order valence-electron chi connectivity index (χ2n) is 5.76. The van der Waals surface area contributed by atoms with Crippen molar-refractivity contribution in [2.75, 3.05) is 0 Å². The summed E-state index contributed by atoms with van der Waals surface area (Å²) in [5, 5.41) is 2.18. The van der Waals surface area contributed by atoms with Gasteiger partial charge in [-0.25, -0.2) is 4.57 Å². The van der Waals surface area contributed by atoms with E-state index in [0.717, 1.165) is 38.9 Å². The van der Waals surface area contributed by atoms with Gasteiger partial charge in [0.05, 0.1) is 5.69 Å². The lowest BCUT2D eigenvalue weighted by Gasteiger charge is -2.05. The normalized spacial score (nSPS) is 11.4. The molecule has 0 atom stereocenters. The van der Waals surface area contributed by atoms with Crippen molar-refractivity contribution in [3.05, 3.63) is 60.0 Å². The fourth-order valence-electron chi connectivity index (χ4n) is 2.99. The SMILES string of the molecule is Cc1cc[n+](C)c(-c2c(C)ncc3c2oc2ccccc23)c1. The van der Waals surface area contributed by atoms with Gasteiger partial charge < -0.3 is 4.42 Å². The molecule has 0 aliphatic carbocycles. The predicted octanol–water partition coefficient (Wildman–Crippen LogP) is 4.09. The Kier molecular flexibility index (Phi) is 2.76. The van der Waals surface area contributed by atoms with Crippen LogP contribution in [0.25, 0.3) is 33.2 Å². The molecule has 3 aromatic heterocycles. The van der Waals surface area contributed by atoms with Crippen LogP contribution in [-0.4, -0.2) is 4.98 Å². The molecule has 0 radical (unpaired) electrons. The number of rotatable bonds is 1. The summed E-state index contributed by atoms with van der Waals surface area (Å²) in [4.78, 5) is 4.60. The van der Waals surface area contributed by atoms with E-state index in [1.807, 2.05) is 31.3 Å². The molecule has 0 N–H and O–H groups in total. The van der Waals surface area contributed by atoms with Crippen LogP contribution < -0.4 is 4.57 Å². The second-order valence-corrected chi connectivity index (χ2v) is 5.76. The van der Waals surface area contributed by atoms with Gasteiger partial charge in [-0.3, -0.25) is 4.98 Å². The number of pyridine rings is 2. The maximum Gasteiger partial charge on any atom is 0.218 e. The molecule has 0 amide bonds. The lowest BCUT2D eigenvalue weighted by Crippen LogP contribution is -2.30. The molecule has 0 spiro atoms. The van der Waals surface area contributed by atoms with Crippen molar-refractivity contribution in [1.29, 1.82) is 0 Å². The third-order valence-corrected chi connectivity index (χ3v) is 4.17. The summed E-state index contributed by atoms with van der Waals surface area (Å²) in [6, 6.07) is 12.4. The van der Waals surface area contributed by atoms with Gasteiger partial charge in [-0.15, -0.1) is 0 Å². The Morgan fingerprint density at radius 2 is 1.86 bits per heavy atom. The first-order valence-electron chi connectivity index (χ1n) is 7.38. The highest BCUT2D eigenvalue weighted by Crippen LogP contribution is 2.35. The van der Waals surface area contributed by atoms with Gasteiger partial charge in [0.1, 0.15) is 18.2 Å². The first-order chi connectivity index (χ1) is 10.6. The fourth-order valence-corrected chi connectivity index (χ4v) is 2.99. The minimum absolute atomic E-state index is 0.904. The van der Waals surface area contributed by atoms with Crippen LogP contribution >= 0.6 is 0 Å². The van der Waals surface area contributed by atoms with E-state index in [2.05, 4.69) is 47.9 Å². The summed E-state index contributed by atoms with van der Waals surface area (Å²) < 4.78 is 8.28. The largest absolute Gasteiger partial charge is 0.455 e. The minimum Gasteiger partial charge on any atom is -0.455 e. The summed E-state index contributed by atoms with van der Waals surface area (Å²) in [7, 11) is 2.05. The Labute approximate surface area is 128 Å². The highest BCUT2D eigenvalue weighted by molar-refractivity contribution is 6.08. The summed E-state index contributed by atoms with van der Waals surface area (Å²) >= 11 is 0. The number of para-hydroxylation sites is 1. The number of aryl methyl sites for hydroxylation is 3.